The van der Waals surface area contributed by atoms with Gasteiger partial charge in [-0.05, 0) is 24.6 Å². The summed E-state index contributed by atoms with van der Waals surface area (Å²) in [5, 5.41) is 0. The SMILES string of the molecule is CC(c1cccnc1)n1c(CCl)nc2cnccc21. The van der Waals surface area contributed by atoms with Gasteiger partial charge in [-0.2, -0.15) is 0 Å². The zero-order chi connectivity index (χ0) is 13.2. The van der Waals surface area contributed by atoms with E-state index in [1.807, 2.05) is 18.3 Å². The Hall–Kier alpha value is -1.94. The third kappa shape index (κ3) is 2.08. The summed E-state index contributed by atoms with van der Waals surface area (Å²) >= 11 is 6.02. The van der Waals surface area contributed by atoms with Gasteiger partial charge in [-0.15, -0.1) is 11.6 Å². The minimum absolute atomic E-state index is 0.134. The molecule has 1 atom stereocenters. The van der Waals surface area contributed by atoms with Gasteiger partial charge in [-0.25, -0.2) is 4.98 Å². The highest BCUT2D eigenvalue weighted by Gasteiger charge is 2.16. The topological polar surface area (TPSA) is 43.6 Å². The maximum Gasteiger partial charge on any atom is 0.125 e. The number of aromatic nitrogens is 4. The molecular formula is C14H13ClN4. The van der Waals surface area contributed by atoms with Gasteiger partial charge in [0.2, 0.25) is 0 Å². The molecule has 0 amide bonds. The van der Waals surface area contributed by atoms with Gasteiger partial charge in [0.05, 0.1) is 23.6 Å². The molecule has 0 fully saturated rings. The van der Waals surface area contributed by atoms with Crippen molar-refractivity contribution in [1.82, 2.24) is 19.5 Å². The minimum atomic E-state index is 0.134. The first-order chi connectivity index (χ1) is 9.31. The molecule has 0 N–H and O–H groups in total. The number of imidazole rings is 1. The van der Waals surface area contributed by atoms with Crippen molar-refractivity contribution in [3.05, 3.63) is 54.4 Å². The van der Waals surface area contributed by atoms with Crippen LogP contribution in [0.2, 0.25) is 0 Å². The predicted octanol–water partition coefficient (Wildman–Crippen LogP) is 3.17. The summed E-state index contributed by atoms with van der Waals surface area (Å²) in [6, 6.07) is 6.09. The van der Waals surface area contributed by atoms with Crippen LogP contribution in [0.15, 0.2) is 43.0 Å². The molecule has 3 heterocycles. The summed E-state index contributed by atoms with van der Waals surface area (Å²) in [6.45, 7) is 2.12. The van der Waals surface area contributed by atoms with Crippen LogP contribution in [0.25, 0.3) is 11.0 Å². The van der Waals surface area contributed by atoms with Crippen LogP contribution in [0.3, 0.4) is 0 Å². The fourth-order valence-electron chi connectivity index (χ4n) is 2.30. The van der Waals surface area contributed by atoms with Crippen LogP contribution in [0.4, 0.5) is 0 Å². The van der Waals surface area contributed by atoms with Crippen molar-refractivity contribution >= 4 is 22.6 Å². The van der Waals surface area contributed by atoms with E-state index < -0.39 is 0 Å². The molecule has 0 radical (unpaired) electrons. The largest absolute Gasteiger partial charge is 0.319 e. The van der Waals surface area contributed by atoms with Crippen molar-refractivity contribution in [2.24, 2.45) is 0 Å². The zero-order valence-corrected chi connectivity index (χ0v) is 11.2. The lowest BCUT2D eigenvalue weighted by Gasteiger charge is -2.16. The van der Waals surface area contributed by atoms with Crippen LogP contribution in [-0.2, 0) is 5.88 Å². The van der Waals surface area contributed by atoms with Gasteiger partial charge in [-0.1, -0.05) is 6.07 Å². The van der Waals surface area contributed by atoms with Gasteiger partial charge < -0.3 is 4.57 Å². The van der Waals surface area contributed by atoms with E-state index >= 15 is 0 Å². The Balaban J connectivity index is 2.18. The van der Waals surface area contributed by atoms with Gasteiger partial charge >= 0.3 is 0 Å². The molecule has 3 aromatic heterocycles. The van der Waals surface area contributed by atoms with Gasteiger partial charge in [0.15, 0.2) is 0 Å². The molecule has 0 spiro atoms. The van der Waals surface area contributed by atoms with Crippen molar-refractivity contribution < 1.29 is 0 Å². The third-order valence-electron chi connectivity index (χ3n) is 3.24. The van der Waals surface area contributed by atoms with Crippen LogP contribution in [0.5, 0.6) is 0 Å². The van der Waals surface area contributed by atoms with Crippen LogP contribution in [-0.4, -0.2) is 19.5 Å². The van der Waals surface area contributed by atoms with E-state index in [9.17, 15) is 0 Å². The molecule has 0 saturated carbocycles. The van der Waals surface area contributed by atoms with Crippen molar-refractivity contribution in [1.29, 1.82) is 0 Å². The van der Waals surface area contributed by atoms with Crippen LogP contribution in [0.1, 0.15) is 24.4 Å². The Morgan fingerprint density at radius 3 is 2.79 bits per heavy atom. The summed E-state index contributed by atoms with van der Waals surface area (Å²) in [7, 11) is 0. The summed E-state index contributed by atoms with van der Waals surface area (Å²) in [4.78, 5) is 12.8. The van der Waals surface area contributed by atoms with Crippen molar-refractivity contribution in [3.8, 4) is 0 Å². The lowest BCUT2D eigenvalue weighted by atomic mass is 10.1. The van der Waals surface area contributed by atoms with Crippen LogP contribution in [0, 0.1) is 0 Å². The average molecular weight is 273 g/mol. The highest BCUT2D eigenvalue weighted by molar-refractivity contribution is 6.16. The molecule has 19 heavy (non-hydrogen) atoms. The third-order valence-corrected chi connectivity index (χ3v) is 3.48. The molecule has 96 valence electrons. The smallest absolute Gasteiger partial charge is 0.125 e. The Morgan fingerprint density at radius 2 is 2.05 bits per heavy atom. The first-order valence-electron chi connectivity index (χ1n) is 6.08. The van der Waals surface area contributed by atoms with E-state index in [4.69, 9.17) is 11.6 Å². The molecule has 0 aliphatic carbocycles. The number of hydrogen-bond acceptors (Lipinski definition) is 3. The molecule has 1 unspecified atom stereocenters. The van der Waals surface area contributed by atoms with Crippen LogP contribution < -0.4 is 0 Å². The van der Waals surface area contributed by atoms with Crippen molar-refractivity contribution in [2.75, 3.05) is 0 Å². The number of hydrogen-bond donors (Lipinski definition) is 0. The zero-order valence-electron chi connectivity index (χ0n) is 10.5. The summed E-state index contributed by atoms with van der Waals surface area (Å²) in [6.07, 6.45) is 7.18. The molecule has 0 aromatic carbocycles. The second-order valence-electron chi connectivity index (χ2n) is 4.36. The van der Waals surface area contributed by atoms with Gasteiger partial charge in [0, 0.05) is 18.6 Å². The van der Waals surface area contributed by atoms with E-state index in [2.05, 4.69) is 32.5 Å². The van der Waals surface area contributed by atoms with E-state index in [0.29, 0.717) is 5.88 Å². The highest BCUT2D eigenvalue weighted by Crippen LogP contribution is 2.25. The summed E-state index contributed by atoms with van der Waals surface area (Å²) < 4.78 is 2.14. The fourth-order valence-corrected chi connectivity index (χ4v) is 2.49. The molecule has 3 aromatic rings. The maximum atomic E-state index is 6.02. The predicted molar refractivity (Wildman–Crippen MR) is 75.1 cm³/mol. The van der Waals surface area contributed by atoms with E-state index in [1.165, 1.54) is 0 Å². The average Bonchev–Trinajstić information content (AvgIpc) is 2.86. The molecule has 0 aliphatic rings. The molecule has 0 saturated heterocycles. The Kier molecular flexibility index (Phi) is 3.17. The lowest BCUT2D eigenvalue weighted by molar-refractivity contribution is 0.631. The first-order valence-corrected chi connectivity index (χ1v) is 6.61. The van der Waals surface area contributed by atoms with Crippen molar-refractivity contribution in [2.45, 2.75) is 18.8 Å². The Morgan fingerprint density at radius 1 is 1.21 bits per heavy atom. The molecular weight excluding hydrogens is 260 g/mol. The van der Waals surface area contributed by atoms with Crippen LogP contribution >= 0.6 is 11.6 Å². The fraction of sp³-hybridized carbons (Fsp3) is 0.214. The molecule has 5 heteroatoms. The lowest BCUT2D eigenvalue weighted by Crippen LogP contribution is -2.10. The molecule has 0 bridgehead atoms. The van der Waals surface area contributed by atoms with E-state index in [1.54, 1.807) is 18.6 Å². The van der Waals surface area contributed by atoms with Gasteiger partial charge in [-0.3, -0.25) is 9.97 Å². The maximum absolute atomic E-state index is 6.02. The monoisotopic (exact) mass is 272 g/mol. The highest BCUT2D eigenvalue weighted by atomic mass is 35.5. The molecule has 0 aliphatic heterocycles. The minimum Gasteiger partial charge on any atom is -0.319 e. The summed E-state index contributed by atoms with van der Waals surface area (Å²) in [5.74, 6) is 1.22. The second kappa shape index (κ2) is 4.97. The quantitative estimate of drug-likeness (QED) is 0.688. The number of rotatable bonds is 3. The van der Waals surface area contributed by atoms with Gasteiger partial charge in [0.1, 0.15) is 11.3 Å². The summed E-state index contributed by atoms with van der Waals surface area (Å²) in [5.41, 5.74) is 3.04. The number of nitrogens with zero attached hydrogens (tertiary/aromatic N) is 4. The number of fused-ring (bicyclic) bond motifs is 1. The Labute approximate surface area is 116 Å². The first kappa shape index (κ1) is 12.1. The molecule has 3 rings (SSSR count). The number of alkyl halides is 1. The van der Waals surface area contributed by atoms with Crippen molar-refractivity contribution in [3.63, 3.8) is 0 Å². The second-order valence-corrected chi connectivity index (χ2v) is 4.63. The number of halogens is 1. The van der Waals surface area contributed by atoms with E-state index in [0.717, 1.165) is 22.4 Å². The normalized spacial score (nSPS) is 12.7. The Bertz CT molecular complexity index is 693. The molecule has 4 nitrogen and oxygen atoms in total. The standard InChI is InChI=1S/C14H13ClN4/c1-10(11-3-2-5-16-8-11)19-13-4-6-17-9-12(13)18-14(19)7-15/h2-6,8-10H,7H2,1H3. The van der Waals surface area contributed by atoms with E-state index in [-0.39, 0.29) is 6.04 Å². The number of pyridine rings is 2. The van der Waals surface area contributed by atoms with Gasteiger partial charge in [0.25, 0.3) is 0 Å².